The van der Waals surface area contributed by atoms with E-state index < -0.39 is 11.2 Å². The van der Waals surface area contributed by atoms with Crippen LogP contribution in [0.2, 0.25) is 0 Å². The summed E-state index contributed by atoms with van der Waals surface area (Å²) >= 11 is 0. The van der Waals surface area contributed by atoms with Crippen molar-refractivity contribution in [1.29, 1.82) is 0 Å². The van der Waals surface area contributed by atoms with E-state index in [1.165, 1.54) is 77.2 Å². The largest absolute Gasteiger partial charge is 0.351 e. The SMILES string of the molecule is Cc1c(C)c2c3c(cccc3c1C)C=CC2(C)OC1(C)C=Cc2cccc3c(C)c(C)c(C)c1c23. The number of aryl methyl sites for hydroxylation is 2. The number of hydrogen-bond donors (Lipinski definition) is 0. The van der Waals surface area contributed by atoms with E-state index in [1.54, 1.807) is 0 Å². The van der Waals surface area contributed by atoms with Crippen molar-refractivity contribution in [2.45, 2.75) is 66.6 Å². The summed E-state index contributed by atoms with van der Waals surface area (Å²) in [7, 11) is 0. The molecule has 0 heterocycles. The van der Waals surface area contributed by atoms with Crippen LogP contribution < -0.4 is 0 Å². The van der Waals surface area contributed by atoms with E-state index in [-0.39, 0.29) is 0 Å². The van der Waals surface area contributed by atoms with Crippen molar-refractivity contribution in [3.05, 3.63) is 104 Å². The average Bonchev–Trinajstić information content (AvgIpc) is 2.83. The lowest BCUT2D eigenvalue weighted by atomic mass is 9.75. The van der Waals surface area contributed by atoms with Crippen molar-refractivity contribution in [3.8, 4) is 0 Å². The van der Waals surface area contributed by atoms with Gasteiger partial charge in [-0.3, -0.25) is 0 Å². The van der Waals surface area contributed by atoms with E-state index in [9.17, 15) is 0 Å². The summed E-state index contributed by atoms with van der Waals surface area (Å²) in [5, 5.41) is 5.34. The van der Waals surface area contributed by atoms with Gasteiger partial charge in [0.1, 0.15) is 11.2 Å². The molecule has 0 aromatic heterocycles. The molecule has 0 aliphatic heterocycles. The maximum absolute atomic E-state index is 7.38. The molecule has 2 aliphatic carbocycles. The average molecular weight is 459 g/mol. The molecule has 2 atom stereocenters. The van der Waals surface area contributed by atoms with E-state index in [1.807, 2.05) is 0 Å². The van der Waals surface area contributed by atoms with Crippen molar-refractivity contribution in [1.82, 2.24) is 0 Å². The molecule has 35 heavy (non-hydrogen) atoms. The van der Waals surface area contributed by atoms with Gasteiger partial charge in [0.15, 0.2) is 0 Å². The molecule has 4 aromatic carbocycles. The quantitative estimate of drug-likeness (QED) is 0.291. The Labute approximate surface area is 209 Å². The fraction of sp³-hybridized carbons (Fsp3) is 0.294. The van der Waals surface area contributed by atoms with Crippen molar-refractivity contribution in [3.63, 3.8) is 0 Å². The Morgan fingerprint density at radius 2 is 0.914 bits per heavy atom. The highest BCUT2D eigenvalue weighted by Crippen LogP contribution is 2.51. The predicted octanol–water partition coefficient (Wildman–Crippen LogP) is 9.04. The van der Waals surface area contributed by atoms with Crippen LogP contribution in [0.5, 0.6) is 0 Å². The minimum atomic E-state index is -0.557. The van der Waals surface area contributed by atoms with Crippen LogP contribution in [0.15, 0.2) is 48.6 Å². The van der Waals surface area contributed by atoms with E-state index in [2.05, 4.69) is 116 Å². The Kier molecular flexibility index (Phi) is 4.58. The summed E-state index contributed by atoms with van der Waals surface area (Å²) in [4.78, 5) is 0. The van der Waals surface area contributed by atoms with Crippen LogP contribution in [0.1, 0.15) is 69.5 Å². The molecule has 2 unspecified atom stereocenters. The topological polar surface area (TPSA) is 9.23 Å². The van der Waals surface area contributed by atoms with Crippen LogP contribution in [0, 0.1) is 41.5 Å². The number of benzene rings is 4. The van der Waals surface area contributed by atoms with Crippen LogP contribution in [0.4, 0.5) is 0 Å². The van der Waals surface area contributed by atoms with Crippen molar-refractivity contribution in [2.24, 2.45) is 0 Å². The normalized spacial score (nSPS) is 22.4. The van der Waals surface area contributed by atoms with E-state index >= 15 is 0 Å². The molecular formula is C34H34O. The van der Waals surface area contributed by atoms with Crippen LogP contribution in [0.25, 0.3) is 33.7 Å². The number of ether oxygens (including phenoxy) is 1. The lowest BCUT2D eigenvalue weighted by molar-refractivity contribution is -0.0966. The lowest BCUT2D eigenvalue weighted by Crippen LogP contribution is -2.38. The summed E-state index contributed by atoms with van der Waals surface area (Å²) in [6, 6.07) is 13.3. The van der Waals surface area contributed by atoms with E-state index in [0.29, 0.717) is 0 Å². The monoisotopic (exact) mass is 458 g/mol. The van der Waals surface area contributed by atoms with Crippen molar-refractivity contribution >= 4 is 33.7 Å². The van der Waals surface area contributed by atoms with Gasteiger partial charge < -0.3 is 4.74 Å². The molecule has 0 fully saturated rings. The Balaban J connectivity index is 1.63. The van der Waals surface area contributed by atoms with Gasteiger partial charge in [-0.1, -0.05) is 48.6 Å². The fourth-order valence-corrected chi connectivity index (χ4v) is 6.83. The van der Waals surface area contributed by atoms with Gasteiger partial charge in [-0.25, -0.2) is 0 Å². The molecular weight excluding hydrogens is 424 g/mol. The molecule has 0 bridgehead atoms. The van der Waals surface area contributed by atoms with Gasteiger partial charge in [0.25, 0.3) is 0 Å². The molecule has 0 radical (unpaired) electrons. The van der Waals surface area contributed by atoms with Gasteiger partial charge in [0.05, 0.1) is 0 Å². The molecule has 1 nitrogen and oxygen atoms in total. The van der Waals surface area contributed by atoms with Crippen LogP contribution >= 0.6 is 0 Å². The third kappa shape index (κ3) is 2.85. The van der Waals surface area contributed by atoms with E-state index in [4.69, 9.17) is 4.74 Å². The molecule has 0 spiro atoms. The standard InChI is InChI=1S/C34H34O/c1-19-21(3)27-13-9-11-25-15-17-33(7,31(23(19)5)29(25)27)35-34(8)18-16-26-12-10-14-28-22(4)20(2)24(6)32(34)30(26)28/h9-18H,1-8H3. The zero-order valence-electron chi connectivity index (χ0n) is 22.2. The van der Waals surface area contributed by atoms with Crippen molar-refractivity contribution < 1.29 is 4.74 Å². The first-order valence-electron chi connectivity index (χ1n) is 12.7. The summed E-state index contributed by atoms with van der Waals surface area (Å²) in [5.41, 5.74) is 12.2. The fourth-order valence-electron chi connectivity index (χ4n) is 6.83. The smallest absolute Gasteiger partial charge is 0.111 e. The summed E-state index contributed by atoms with van der Waals surface area (Å²) in [5.74, 6) is 0. The number of rotatable bonds is 2. The Hall–Kier alpha value is -3.16. The zero-order valence-corrected chi connectivity index (χ0v) is 22.2. The summed E-state index contributed by atoms with van der Waals surface area (Å²) in [6.45, 7) is 18.0. The maximum atomic E-state index is 7.38. The Morgan fingerprint density at radius 3 is 1.31 bits per heavy atom. The first-order chi connectivity index (χ1) is 16.6. The highest BCUT2D eigenvalue weighted by Gasteiger charge is 2.42. The van der Waals surface area contributed by atoms with Crippen LogP contribution in [-0.2, 0) is 15.9 Å². The Morgan fingerprint density at radius 1 is 0.514 bits per heavy atom. The molecule has 6 rings (SSSR count). The van der Waals surface area contributed by atoms with Crippen LogP contribution in [-0.4, -0.2) is 0 Å². The molecule has 0 amide bonds. The third-order valence-electron chi connectivity index (χ3n) is 9.08. The zero-order chi connectivity index (χ0) is 24.9. The first-order valence-corrected chi connectivity index (χ1v) is 12.7. The second-order valence-corrected chi connectivity index (χ2v) is 11.0. The van der Waals surface area contributed by atoms with Gasteiger partial charge in [0, 0.05) is 0 Å². The molecule has 2 aliphatic rings. The summed E-state index contributed by atoms with van der Waals surface area (Å²) < 4.78 is 7.38. The molecule has 0 saturated carbocycles. The second-order valence-electron chi connectivity index (χ2n) is 11.0. The summed E-state index contributed by atoms with van der Waals surface area (Å²) in [6.07, 6.45) is 9.07. The highest BCUT2D eigenvalue weighted by atomic mass is 16.5. The minimum Gasteiger partial charge on any atom is -0.351 e. The molecule has 0 saturated heterocycles. The minimum absolute atomic E-state index is 0.557. The van der Waals surface area contributed by atoms with Gasteiger partial charge in [-0.2, -0.15) is 0 Å². The predicted molar refractivity (Wildman–Crippen MR) is 150 cm³/mol. The van der Waals surface area contributed by atoms with Crippen molar-refractivity contribution in [2.75, 3.05) is 0 Å². The second kappa shape index (κ2) is 7.18. The first kappa shape index (κ1) is 22.3. The van der Waals surface area contributed by atoms with Gasteiger partial charge in [-0.15, -0.1) is 0 Å². The van der Waals surface area contributed by atoms with Gasteiger partial charge >= 0.3 is 0 Å². The number of hydrogen-bond acceptors (Lipinski definition) is 1. The molecule has 1 heteroatoms. The lowest BCUT2D eigenvalue weighted by Gasteiger charge is -2.43. The van der Waals surface area contributed by atoms with E-state index in [0.717, 1.165) is 0 Å². The van der Waals surface area contributed by atoms with Crippen LogP contribution in [0.3, 0.4) is 0 Å². The Bertz CT molecular complexity index is 1520. The third-order valence-corrected chi connectivity index (χ3v) is 9.08. The molecule has 0 N–H and O–H groups in total. The molecule has 4 aromatic rings. The highest BCUT2D eigenvalue weighted by molar-refractivity contribution is 6.01. The van der Waals surface area contributed by atoms with Gasteiger partial charge in [0.2, 0.25) is 0 Å². The molecule has 176 valence electrons. The maximum Gasteiger partial charge on any atom is 0.111 e. The van der Waals surface area contributed by atoms with Gasteiger partial charge in [-0.05, 0) is 145 Å².